The Hall–Kier alpha value is -1.25. The molecule has 0 saturated heterocycles. The minimum Gasteiger partial charge on any atom is -0.482 e. The van der Waals surface area contributed by atoms with Gasteiger partial charge in [-0.1, -0.05) is 26.8 Å². The standard InChI is InChI=1S/C13H20O3/c1-13(2,3)8-10-4-6-11(7-5-10)16-9-12(14)15/h4,6-7,10H,5,8-9H2,1-3H3,(H,14,15)/t10-/m0/s1. The molecule has 0 spiro atoms. The highest BCUT2D eigenvalue weighted by atomic mass is 16.5. The number of hydrogen-bond donors (Lipinski definition) is 1. The summed E-state index contributed by atoms with van der Waals surface area (Å²) >= 11 is 0. The minimum absolute atomic E-state index is 0.264. The van der Waals surface area contributed by atoms with Crippen molar-refractivity contribution in [2.45, 2.75) is 33.6 Å². The van der Waals surface area contributed by atoms with Gasteiger partial charge in [0.15, 0.2) is 6.61 Å². The Morgan fingerprint density at radius 2 is 2.25 bits per heavy atom. The summed E-state index contributed by atoms with van der Waals surface area (Å²) < 4.78 is 5.10. The second kappa shape index (κ2) is 5.19. The molecule has 0 saturated carbocycles. The quantitative estimate of drug-likeness (QED) is 0.798. The maximum Gasteiger partial charge on any atom is 0.341 e. The summed E-state index contributed by atoms with van der Waals surface area (Å²) in [7, 11) is 0. The van der Waals surface area contributed by atoms with Gasteiger partial charge in [0.1, 0.15) is 5.76 Å². The Labute approximate surface area is 96.8 Å². The number of hydrogen-bond acceptors (Lipinski definition) is 2. The molecule has 0 heterocycles. The first-order chi connectivity index (χ1) is 7.37. The number of carbonyl (C=O) groups is 1. The molecule has 0 amide bonds. The van der Waals surface area contributed by atoms with Gasteiger partial charge in [-0.2, -0.15) is 0 Å². The molecule has 0 aromatic carbocycles. The summed E-state index contributed by atoms with van der Waals surface area (Å²) in [5.41, 5.74) is 0.322. The average Bonchev–Trinajstić information content (AvgIpc) is 2.14. The van der Waals surface area contributed by atoms with E-state index in [9.17, 15) is 4.79 Å². The third kappa shape index (κ3) is 5.01. The molecule has 1 rings (SSSR count). The zero-order valence-corrected chi connectivity index (χ0v) is 10.2. The van der Waals surface area contributed by atoms with Crippen LogP contribution in [0.4, 0.5) is 0 Å². The topological polar surface area (TPSA) is 46.5 Å². The molecule has 16 heavy (non-hydrogen) atoms. The molecule has 1 N–H and O–H groups in total. The Kier molecular flexibility index (Phi) is 4.16. The first-order valence-electron chi connectivity index (χ1n) is 5.60. The Balaban J connectivity index is 2.38. The van der Waals surface area contributed by atoms with Crippen LogP contribution in [0, 0.1) is 11.3 Å². The maximum atomic E-state index is 10.3. The zero-order chi connectivity index (χ0) is 12.2. The van der Waals surface area contributed by atoms with Crippen molar-refractivity contribution in [3.05, 3.63) is 24.0 Å². The van der Waals surface area contributed by atoms with Crippen LogP contribution in [0.2, 0.25) is 0 Å². The molecule has 0 bridgehead atoms. The lowest BCUT2D eigenvalue weighted by atomic mass is 9.82. The first-order valence-corrected chi connectivity index (χ1v) is 5.60. The summed E-state index contributed by atoms with van der Waals surface area (Å²) in [5.74, 6) is 0.274. The highest BCUT2D eigenvalue weighted by Crippen LogP contribution is 2.30. The van der Waals surface area contributed by atoms with E-state index < -0.39 is 5.97 Å². The fourth-order valence-electron chi connectivity index (χ4n) is 1.84. The van der Waals surface area contributed by atoms with Crippen LogP contribution in [0.5, 0.6) is 0 Å². The summed E-state index contributed by atoms with van der Waals surface area (Å²) in [6.07, 6.45) is 8.03. The van der Waals surface area contributed by atoms with Gasteiger partial charge in [0.2, 0.25) is 0 Å². The lowest BCUT2D eigenvalue weighted by molar-refractivity contribution is -0.140. The normalized spacial score (nSPS) is 20.4. The molecule has 0 radical (unpaired) electrons. The highest BCUT2D eigenvalue weighted by Gasteiger charge is 2.18. The Morgan fingerprint density at radius 3 is 2.69 bits per heavy atom. The molecule has 1 aliphatic carbocycles. The van der Waals surface area contributed by atoms with E-state index >= 15 is 0 Å². The van der Waals surface area contributed by atoms with Crippen molar-refractivity contribution in [3.63, 3.8) is 0 Å². The summed E-state index contributed by atoms with van der Waals surface area (Å²) in [5, 5.41) is 8.47. The van der Waals surface area contributed by atoms with E-state index in [-0.39, 0.29) is 6.61 Å². The van der Waals surface area contributed by atoms with Crippen LogP contribution in [0.25, 0.3) is 0 Å². The Morgan fingerprint density at radius 1 is 1.56 bits per heavy atom. The molecule has 3 heteroatoms. The highest BCUT2D eigenvalue weighted by molar-refractivity contribution is 5.68. The van der Waals surface area contributed by atoms with E-state index in [2.05, 4.69) is 26.8 Å². The van der Waals surface area contributed by atoms with Crippen LogP contribution in [0.15, 0.2) is 24.0 Å². The van der Waals surface area contributed by atoms with Crippen LogP contribution in [-0.2, 0) is 9.53 Å². The second-order valence-corrected chi connectivity index (χ2v) is 5.41. The molecule has 0 unspecified atom stereocenters. The SMILES string of the molecule is CC(C)(C)C[C@H]1C=CC(OCC(=O)O)=CC1. The minimum atomic E-state index is -0.939. The van der Waals surface area contributed by atoms with E-state index in [0.717, 1.165) is 12.8 Å². The van der Waals surface area contributed by atoms with E-state index in [0.29, 0.717) is 17.1 Å². The van der Waals surface area contributed by atoms with Crippen LogP contribution in [0.3, 0.4) is 0 Å². The maximum absolute atomic E-state index is 10.3. The lowest BCUT2D eigenvalue weighted by Crippen LogP contribution is -2.13. The van der Waals surface area contributed by atoms with Crippen LogP contribution >= 0.6 is 0 Å². The van der Waals surface area contributed by atoms with Crippen LogP contribution < -0.4 is 0 Å². The molecular weight excluding hydrogens is 204 g/mol. The molecule has 0 aromatic rings. The molecule has 0 aliphatic heterocycles. The van der Waals surface area contributed by atoms with Crippen LogP contribution in [0.1, 0.15) is 33.6 Å². The van der Waals surface area contributed by atoms with Gasteiger partial charge in [-0.05, 0) is 36.3 Å². The fourth-order valence-corrected chi connectivity index (χ4v) is 1.84. The predicted octanol–water partition coefficient (Wildman–Crippen LogP) is 2.98. The molecular formula is C13H20O3. The van der Waals surface area contributed by atoms with Gasteiger partial charge < -0.3 is 9.84 Å². The monoisotopic (exact) mass is 224 g/mol. The van der Waals surface area contributed by atoms with Gasteiger partial charge in [0, 0.05) is 0 Å². The van der Waals surface area contributed by atoms with Gasteiger partial charge in [0.25, 0.3) is 0 Å². The number of carboxylic acids is 1. The molecule has 0 fully saturated rings. The molecule has 90 valence electrons. The van der Waals surface area contributed by atoms with Crippen molar-refractivity contribution in [2.75, 3.05) is 6.61 Å². The number of aliphatic carboxylic acids is 1. The number of rotatable bonds is 4. The van der Waals surface area contributed by atoms with E-state index in [4.69, 9.17) is 9.84 Å². The van der Waals surface area contributed by atoms with Crippen molar-refractivity contribution < 1.29 is 14.6 Å². The van der Waals surface area contributed by atoms with Crippen molar-refractivity contribution in [3.8, 4) is 0 Å². The van der Waals surface area contributed by atoms with Gasteiger partial charge in [0.05, 0.1) is 0 Å². The second-order valence-electron chi connectivity index (χ2n) is 5.41. The summed E-state index contributed by atoms with van der Waals surface area (Å²) in [6.45, 7) is 6.41. The Bertz CT molecular complexity index is 308. The van der Waals surface area contributed by atoms with Crippen molar-refractivity contribution in [1.82, 2.24) is 0 Å². The van der Waals surface area contributed by atoms with E-state index in [1.807, 2.05) is 12.2 Å². The van der Waals surface area contributed by atoms with Gasteiger partial charge >= 0.3 is 5.97 Å². The van der Waals surface area contributed by atoms with Crippen molar-refractivity contribution in [2.24, 2.45) is 11.3 Å². The van der Waals surface area contributed by atoms with Crippen molar-refractivity contribution >= 4 is 5.97 Å². The van der Waals surface area contributed by atoms with E-state index in [1.165, 1.54) is 0 Å². The molecule has 0 aromatic heterocycles. The van der Waals surface area contributed by atoms with Crippen molar-refractivity contribution in [1.29, 1.82) is 0 Å². The molecule has 3 nitrogen and oxygen atoms in total. The smallest absolute Gasteiger partial charge is 0.341 e. The number of carboxylic acid groups (broad SMARTS) is 1. The fraction of sp³-hybridized carbons (Fsp3) is 0.615. The zero-order valence-electron chi connectivity index (χ0n) is 10.2. The predicted molar refractivity (Wildman–Crippen MR) is 63.0 cm³/mol. The average molecular weight is 224 g/mol. The number of allylic oxidation sites excluding steroid dienone is 3. The third-order valence-electron chi connectivity index (χ3n) is 2.39. The number of ether oxygens (including phenoxy) is 1. The van der Waals surface area contributed by atoms with Gasteiger partial charge in [-0.15, -0.1) is 0 Å². The van der Waals surface area contributed by atoms with Gasteiger partial charge in [-0.3, -0.25) is 0 Å². The largest absolute Gasteiger partial charge is 0.482 e. The summed E-state index contributed by atoms with van der Waals surface area (Å²) in [6, 6.07) is 0. The molecule has 1 aliphatic rings. The van der Waals surface area contributed by atoms with Crippen LogP contribution in [-0.4, -0.2) is 17.7 Å². The lowest BCUT2D eigenvalue weighted by Gasteiger charge is -2.24. The van der Waals surface area contributed by atoms with E-state index in [1.54, 1.807) is 0 Å². The third-order valence-corrected chi connectivity index (χ3v) is 2.39. The summed E-state index contributed by atoms with van der Waals surface area (Å²) in [4.78, 5) is 10.3. The van der Waals surface area contributed by atoms with Gasteiger partial charge in [-0.25, -0.2) is 4.79 Å². The first kappa shape index (κ1) is 12.8. The molecule has 1 atom stereocenters.